The van der Waals surface area contributed by atoms with E-state index >= 15 is 0 Å². The summed E-state index contributed by atoms with van der Waals surface area (Å²) in [6.45, 7) is 9.65. The van der Waals surface area contributed by atoms with Crippen LogP contribution in [0.25, 0.3) is 0 Å². The minimum absolute atomic E-state index is 0.126. The quantitative estimate of drug-likeness (QED) is 0.154. The van der Waals surface area contributed by atoms with Gasteiger partial charge < -0.3 is 9.94 Å². The molecule has 0 bridgehead atoms. The van der Waals surface area contributed by atoms with E-state index in [0.717, 1.165) is 24.6 Å². The Hall–Kier alpha value is -3.39. The van der Waals surface area contributed by atoms with Crippen molar-refractivity contribution in [2.24, 2.45) is 15.0 Å². The number of rotatable bonds is 10. The van der Waals surface area contributed by atoms with Gasteiger partial charge >= 0.3 is 12.1 Å². The lowest BCUT2D eigenvalue weighted by Gasteiger charge is -2.36. The first-order valence-corrected chi connectivity index (χ1v) is 16.9. The van der Waals surface area contributed by atoms with Crippen molar-refractivity contribution in [3.05, 3.63) is 82.4 Å². The monoisotopic (exact) mass is 571 g/mol. The van der Waals surface area contributed by atoms with E-state index in [1.165, 1.54) is 18.5 Å². The van der Waals surface area contributed by atoms with Crippen LogP contribution in [-0.4, -0.2) is 58.4 Å². The zero-order chi connectivity index (χ0) is 28.7. The SMILES string of the molecule is CCCC1=C2C(=NC3=NC=C[N+]32[O-])N(COCC[Si](C)(C)C)C(c2cnn(Cc3cccc(C(F)(F)F)c3)c2)=N1. The van der Waals surface area contributed by atoms with Gasteiger partial charge in [-0.3, -0.25) is 9.58 Å². The average molecular weight is 572 g/mol. The predicted molar refractivity (Wildman–Crippen MR) is 150 cm³/mol. The number of hydrogen-bond acceptors (Lipinski definition) is 7. The van der Waals surface area contributed by atoms with Gasteiger partial charge in [0, 0.05) is 20.9 Å². The molecule has 1 aromatic heterocycles. The number of fused-ring (bicyclic) bond motifs is 3. The molecular formula is C27H32F3N7O2Si. The Morgan fingerprint density at radius 2 is 1.93 bits per heavy atom. The lowest BCUT2D eigenvalue weighted by atomic mass is 10.1. The fourth-order valence-corrected chi connectivity index (χ4v) is 5.41. The van der Waals surface area contributed by atoms with Gasteiger partial charge in [-0.1, -0.05) is 45.1 Å². The third-order valence-electron chi connectivity index (χ3n) is 6.73. The van der Waals surface area contributed by atoms with Gasteiger partial charge in [0.25, 0.3) is 0 Å². The van der Waals surface area contributed by atoms with Crippen molar-refractivity contribution in [3.63, 3.8) is 0 Å². The number of guanidine groups is 1. The second kappa shape index (κ2) is 10.5. The number of ether oxygens (including phenoxy) is 1. The summed E-state index contributed by atoms with van der Waals surface area (Å²) in [7, 11) is -1.33. The molecular weight excluding hydrogens is 539 g/mol. The van der Waals surface area contributed by atoms with Crippen LogP contribution in [0, 0.1) is 5.21 Å². The number of benzene rings is 1. The molecule has 3 aliphatic heterocycles. The van der Waals surface area contributed by atoms with Crippen molar-refractivity contribution in [1.29, 1.82) is 0 Å². The first-order valence-electron chi connectivity index (χ1n) is 13.2. The number of hydroxylamine groups is 3. The zero-order valence-corrected chi connectivity index (χ0v) is 23.9. The Balaban J connectivity index is 1.48. The lowest BCUT2D eigenvalue weighted by molar-refractivity contribution is -0.677. The molecule has 0 saturated carbocycles. The molecule has 0 fully saturated rings. The maximum atomic E-state index is 13.8. The molecule has 1 atom stereocenters. The second-order valence-electron chi connectivity index (χ2n) is 11.2. The van der Waals surface area contributed by atoms with Gasteiger partial charge in [-0.25, -0.2) is 9.64 Å². The third-order valence-corrected chi connectivity index (χ3v) is 8.44. The van der Waals surface area contributed by atoms with Crippen molar-refractivity contribution in [3.8, 4) is 0 Å². The summed E-state index contributed by atoms with van der Waals surface area (Å²) in [6.07, 6.45) is 3.17. The Labute approximate surface area is 231 Å². The molecule has 0 spiro atoms. The summed E-state index contributed by atoms with van der Waals surface area (Å²) in [4.78, 5) is 15.5. The van der Waals surface area contributed by atoms with Gasteiger partial charge in [0.15, 0.2) is 0 Å². The molecule has 4 heterocycles. The fraction of sp³-hybridized carbons (Fsp3) is 0.407. The second-order valence-corrected chi connectivity index (χ2v) is 16.8. The normalized spacial score (nSPS) is 20.5. The van der Waals surface area contributed by atoms with Gasteiger partial charge in [-0.15, -0.1) is 0 Å². The van der Waals surface area contributed by atoms with Crippen molar-refractivity contribution in [2.75, 3.05) is 13.3 Å². The van der Waals surface area contributed by atoms with Crippen LogP contribution < -0.4 is 0 Å². The number of amidine groups is 2. The van der Waals surface area contributed by atoms with Crippen LogP contribution in [0.4, 0.5) is 13.2 Å². The molecule has 1 aromatic carbocycles. The summed E-state index contributed by atoms with van der Waals surface area (Å²) in [5.74, 6) is 1.10. The molecule has 5 rings (SSSR count). The Morgan fingerprint density at radius 1 is 1.12 bits per heavy atom. The number of allylic oxidation sites excluding steroid dienone is 1. The molecule has 0 N–H and O–H groups in total. The predicted octanol–water partition coefficient (Wildman–Crippen LogP) is 5.90. The van der Waals surface area contributed by atoms with Crippen LogP contribution in [-0.2, 0) is 17.5 Å². The summed E-state index contributed by atoms with van der Waals surface area (Å²) < 4.78 is 46.4. The van der Waals surface area contributed by atoms with E-state index in [9.17, 15) is 18.4 Å². The number of halogens is 3. The van der Waals surface area contributed by atoms with E-state index in [4.69, 9.17) is 9.73 Å². The van der Waals surface area contributed by atoms with E-state index in [1.54, 1.807) is 28.0 Å². The van der Waals surface area contributed by atoms with Gasteiger partial charge in [-0.2, -0.15) is 28.3 Å². The molecule has 3 aliphatic rings. The smallest absolute Gasteiger partial charge is 0.416 e. The van der Waals surface area contributed by atoms with Crippen molar-refractivity contribution in [2.45, 2.75) is 58.2 Å². The van der Waals surface area contributed by atoms with Crippen molar-refractivity contribution in [1.82, 2.24) is 14.7 Å². The third kappa shape index (κ3) is 5.59. The van der Waals surface area contributed by atoms with Gasteiger partial charge in [0.1, 0.15) is 24.5 Å². The van der Waals surface area contributed by atoms with E-state index in [2.05, 4.69) is 34.7 Å². The van der Waals surface area contributed by atoms with Crippen LogP contribution in [0.2, 0.25) is 25.7 Å². The van der Waals surface area contributed by atoms with E-state index in [0.29, 0.717) is 47.2 Å². The van der Waals surface area contributed by atoms with Crippen LogP contribution in [0.5, 0.6) is 0 Å². The van der Waals surface area contributed by atoms with E-state index in [-0.39, 0.29) is 19.2 Å². The Morgan fingerprint density at radius 3 is 2.65 bits per heavy atom. The molecule has 9 nitrogen and oxygen atoms in total. The standard InChI is InChI=1S/C27H32F3N7O2Si/c1-5-7-22-23-25(34-26-31-10-11-37(23,26)38)36(18-39-12-13-40(2,3)4)24(33-22)20-15-32-35(17-20)16-19-8-6-9-21(14-19)27(28,29)30/h6,8-11,14-15,17H,5,7,12-13,16,18H2,1-4H3. The summed E-state index contributed by atoms with van der Waals surface area (Å²) in [6, 6.07) is 6.16. The van der Waals surface area contributed by atoms with Crippen LogP contribution in [0.1, 0.15) is 36.5 Å². The molecule has 13 heteroatoms. The van der Waals surface area contributed by atoms with Crippen LogP contribution in [0.15, 0.2) is 75.4 Å². The van der Waals surface area contributed by atoms with Crippen molar-refractivity contribution >= 4 is 25.7 Å². The highest BCUT2D eigenvalue weighted by atomic mass is 28.3. The topological polar surface area (TPSA) is 90.4 Å². The number of aliphatic imine (C=N–C) groups is 3. The van der Waals surface area contributed by atoms with Crippen LogP contribution in [0.3, 0.4) is 0 Å². The minimum Gasteiger partial charge on any atom is -0.614 e. The van der Waals surface area contributed by atoms with Gasteiger partial charge in [-0.05, 0) is 30.2 Å². The molecule has 0 amide bonds. The Kier molecular flexibility index (Phi) is 7.42. The van der Waals surface area contributed by atoms with Crippen molar-refractivity contribution < 1.29 is 22.6 Å². The van der Waals surface area contributed by atoms with E-state index in [1.807, 2.05) is 6.92 Å². The number of alkyl halides is 3. The first kappa shape index (κ1) is 28.1. The summed E-state index contributed by atoms with van der Waals surface area (Å²) in [5.41, 5.74) is 1.45. The number of quaternary nitrogens is 1. The first-order chi connectivity index (χ1) is 18.9. The number of hydrogen-bond donors (Lipinski definition) is 0. The highest BCUT2D eigenvalue weighted by molar-refractivity contribution is 6.76. The van der Waals surface area contributed by atoms with E-state index < -0.39 is 24.5 Å². The maximum Gasteiger partial charge on any atom is 0.416 e. The molecule has 2 aromatic rings. The van der Waals surface area contributed by atoms with Crippen LogP contribution >= 0.6 is 0 Å². The summed E-state index contributed by atoms with van der Waals surface area (Å²) in [5, 5.41) is 18.2. The largest absolute Gasteiger partial charge is 0.614 e. The highest BCUT2D eigenvalue weighted by Gasteiger charge is 2.49. The lowest BCUT2D eigenvalue weighted by Crippen LogP contribution is -2.46. The Bertz CT molecular complexity index is 1450. The summed E-state index contributed by atoms with van der Waals surface area (Å²) >= 11 is 0. The maximum absolute atomic E-state index is 13.8. The molecule has 212 valence electrons. The number of nitrogens with zero attached hydrogens (tertiary/aromatic N) is 7. The zero-order valence-electron chi connectivity index (χ0n) is 22.9. The van der Waals surface area contributed by atoms with Gasteiger partial charge in [0.2, 0.25) is 11.5 Å². The van der Waals surface area contributed by atoms with Gasteiger partial charge in [0.05, 0.1) is 30.1 Å². The molecule has 1 unspecified atom stereocenters. The number of aromatic nitrogens is 2. The molecule has 0 radical (unpaired) electrons. The molecule has 0 saturated heterocycles. The molecule has 0 aliphatic carbocycles. The highest BCUT2D eigenvalue weighted by Crippen LogP contribution is 2.39. The average Bonchev–Trinajstić information content (AvgIpc) is 3.55. The minimum atomic E-state index is -4.42. The fourth-order valence-electron chi connectivity index (χ4n) is 4.66. The molecule has 40 heavy (non-hydrogen) atoms.